The summed E-state index contributed by atoms with van der Waals surface area (Å²) in [6.07, 6.45) is -0.602. The molecule has 3 N–H and O–H groups in total. The molecule has 1 amide bonds. The second-order valence-corrected chi connectivity index (χ2v) is 7.68. The molecule has 0 bridgehead atoms. The number of rotatable bonds is 5. The van der Waals surface area contributed by atoms with Gasteiger partial charge in [-0.25, -0.2) is 0 Å². The number of carbonyl (C=O) groups excluding carboxylic acids is 1. The summed E-state index contributed by atoms with van der Waals surface area (Å²) in [5, 5.41) is 25.6. The van der Waals surface area contributed by atoms with E-state index in [2.05, 4.69) is 5.32 Å². The Bertz CT molecular complexity index is 800. The predicted molar refractivity (Wildman–Crippen MR) is 106 cm³/mol. The summed E-state index contributed by atoms with van der Waals surface area (Å²) in [7, 11) is 0. The largest absolute Gasteiger partial charge is 0.390 e. The number of hydrogen-bond donors (Lipinski definition) is 3. The lowest BCUT2D eigenvalue weighted by atomic mass is 9.89. The molecule has 2 atom stereocenters. The molecule has 1 fully saturated rings. The Morgan fingerprint density at radius 1 is 1.19 bits per heavy atom. The molecule has 0 radical (unpaired) electrons. The van der Waals surface area contributed by atoms with Gasteiger partial charge in [0.1, 0.15) is 5.60 Å². The van der Waals surface area contributed by atoms with Crippen molar-refractivity contribution < 1.29 is 15.0 Å². The first kappa shape index (κ1) is 20.1. The van der Waals surface area contributed by atoms with Crippen molar-refractivity contribution in [2.45, 2.75) is 24.7 Å². The molecule has 0 unspecified atom stereocenters. The van der Waals surface area contributed by atoms with Gasteiger partial charge in [0.15, 0.2) is 0 Å². The summed E-state index contributed by atoms with van der Waals surface area (Å²) in [5.74, 6) is -0.192. The molecule has 1 aliphatic rings. The van der Waals surface area contributed by atoms with Crippen LogP contribution in [0, 0.1) is 0 Å². The summed E-state index contributed by atoms with van der Waals surface area (Å²) in [5.41, 5.74) is -0.0222. The Balaban J connectivity index is 1.64. The first-order valence-corrected chi connectivity index (χ1v) is 9.54. The van der Waals surface area contributed by atoms with Gasteiger partial charge in [-0.05, 0) is 42.3 Å². The number of piperidine rings is 1. The van der Waals surface area contributed by atoms with E-state index in [0.29, 0.717) is 35.1 Å². The van der Waals surface area contributed by atoms with E-state index >= 15 is 0 Å². The Morgan fingerprint density at radius 2 is 1.89 bits per heavy atom. The van der Waals surface area contributed by atoms with E-state index < -0.39 is 11.7 Å². The maximum Gasteiger partial charge on any atom is 0.253 e. The lowest BCUT2D eigenvalue weighted by Gasteiger charge is -2.42. The number of aliphatic hydroxyl groups is 2. The number of likely N-dealkylation sites (tertiary alicyclic amines) is 1. The van der Waals surface area contributed by atoms with Crippen LogP contribution in [0.1, 0.15) is 22.3 Å². The minimum Gasteiger partial charge on any atom is -0.390 e. The van der Waals surface area contributed by atoms with E-state index in [-0.39, 0.29) is 19.0 Å². The van der Waals surface area contributed by atoms with Gasteiger partial charge in [-0.15, -0.1) is 0 Å². The van der Waals surface area contributed by atoms with Crippen molar-refractivity contribution in [3.8, 4) is 0 Å². The summed E-state index contributed by atoms with van der Waals surface area (Å²) in [6.45, 7) is 1.03. The van der Waals surface area contributed by atoms with Gasteiger partial charge in [0.05, 0.1) is 12.6 Å². The molecule has 1 saturated heterocycles. The van der Waals surface area contributed by atoms with E-state index in [0.717, 1.165) is 5.56 Å². The number of aliphatic hydroxyl groups excluding tert-OH is 1. The average molecular weight is 409 g/mol. The molecule has 0 saturated carbocycles. The van der Waals surface area contributed by atoms with E-state index in [1.807, 2.05) is 18.2 Å². The van der Waals surface area contributed by atoms with Crippen LogP contribution in [0.15, 0.2) is 48.5 Å². The number of benzene rings is 2. The van der Waals surface area contributed by atoms with Crippen molar-refractivity contribution in [1.82, 2.24) is 10.2 Å². The summed E-state index contributed by atoms with van der Waals surface area (Å²) in [4.78, 5) is 14.3. The maximum absolute atomic E-state index is 12.7. The van der Waals surface area contributed by atoms with Crippen LogP contribution in [0.3, 0.4) is 0 Å². The lowest BCUT2D eigenvalue weighted by molar-refractivity contribution is -0.111. The maximum atomic E-state index is 12.7. The Labute approximate surface area is 168 Å². The fraction of sp³-hybridized carbons (Fsp3) is 0.350. The highest BCUT2D eigenvalue weighted by molar-refractivity contribution is 6.31. The minimum absolute atomic E-state index is 0.0468. The molecule has 2 aromatic carbocycles. The SMILES string of the molecule is O=C(c1ccc(Cl)cc1)N1CC[C@H](O)[C@@](O)(CNCc2ccccc2Cl)C1. The quantitative estimate of drug-likeness (QED) is 0.710. The second kappa shape index (κ2) is 8.59. The molecule has 27 heavy (non-hydrogen) atoms. The third-order valence-corrected chi connectivity index (χ3v) is 5.46. The fourth-order valence-electron chi connectivity index (χ4n) is 3.24. The van der Waals surface area contributed by atoms with E-state index in [1.54, 1.807) is 35.2 Å². The van der Waals surface area contributed by atoms with Gasteiger partial charge in [0.25, 0.3) is 5.91 Å². The molecule has 7 heteroatoms. The van der Waals surface area contributed by atoms with Crippen LogP contribution in [0.2, 0.25) is 10.0 Å². The topological polar surface area (TPSA) is 72.8 Å². The standard InChI is InChI=1S/C20H22Cl2N2O3/c21-16-7-5-14(6-8-16)19(26)24-10-9-18(25)20(27,13-24)12-23-11-15-3-1-2-4-17(15)22/h1-8,18,23,25,27H,9-13H2/t18-,20+/m0/s1. The first-order chi connectivity index (χ1) is 12.9. The van der Waals surface area contributed by atoms with Crippen molar-refractivity contribution in [1.29, 1.82) is 0 Å². The Hall–Kier alpha value is -1.63. The third kappa shape index (κ3) is 4.81. The fourth-order valence-corrected chi connectivity index (χ4v) is 3.57. The zero-order valence-electron chi connectivity index (χ0n) is 14.7. The van der Waals surface area contributed by atoms with Crippen LogP contribution in [0.4, 0.5) is 0 Å². The molecule has 0 spiro atoms. The van der Waals surface area contributed by atoms with Crippen molar-refractivity contribution >= 4 is 29.1 Å². The molecule has 144 valence electrons. The molecule has 0 aliphatic carbocycles. The van der Waals surface area contributed by atoms with E-state index in [4.69, 9.17) is 23.2 Å². The molecular formula is C20H22Cl2N2O3. The highest BCUT2D eigenvalue weighted by Crippen LogP contribution is 2.24. The average Bonchev–Trinajstić information content (AvgIpc) is 2.66. The predicted octanol–water partition coefficient (Wildman–Crippen LogP) is 2.72. The molecule has 0 aromatic heterocycles. The Kier molecular flexibility index (Phi) is 6.40. The molecular weight excluding hydrogens is 387 g/mol. The number of hydrogen-bond acceptors (Lipinski definition) is 4. The van der Waals surface area contributed by atoms with Crippen LogP contribution >= 0.6 is 23.2 Å². The third-order valence-electron chi connectivity index (χ3n) is 4.84. The molecule has 1 heterocycles. The van der Waals surface area contributed by atoms with Gasteiger partial charge >= 0.3 is 0 Å². The van der Waals surface area contributed by atoms with Crippen molar-refractivity contribution in [2.75, 3.05) is 19.6 Å². The summed E-state index contributed by atoms with van der Waals surface area (Å²) >= 11 is 12.0. The molecule has 1 aliphatic heterocycles. The van der Waals surface area contributed by atoms with Crippen molar-refractivity contribution in [2.24, 2.45) is 0 Å². The van der Waals surface area contributed by atoms with Crippen LogP contribution < -0.4 is 5.32 Å². The smallest absolute Gasteiger partial charge is 0.253 e. The highest BCUT2D eigenvalue weighted by atomic mass is 35.5. The summed E-state index contributed by atoms with van der Waals surface area (Å²) < 4.78 is 0. The van der Waals surface area contributed by atoms with Crippen LogP contribution in [-0.4, -0.2) is 52.4 Å². The molecule has 2 aromatic rings. The zero-order valence-corrected chi connectivity index (χ0v) is 16.2. The Morgan fingerprint density at radius 3 is 2.59 bits per heavy atom. The number of nitrogens with one attached hydrogen (secondary N) is 1. The second-order valence-electron chi connectivity index (χ2n) is 6.84. The minimum atomic E-state index is -1.43. The van der Waals surface area contributed by atoms with Gasteiger partial charge in [-0.2, -0.15) is 0 Å². The number of nitrogens with zero attached hydrogens (tertiary/aromatic N) is 1. The van der Waals surface area contributed by atoms with Gasteiger partial charge in [-0.3, -0.25) is 4.79 Å². The van der Waals surface area contributed by atoms with Crippen molar-refractivity contribution in [3.05, 3.63) is 69.7 Å². The van der Waals surface area contributed by atoms with Crippen molar-refractivity contribution in [3.63, 3.8) is 0 Å². The lowest BCUT2D eigenvalue weighted by Crippen LogP contribution is -2.62. The van der Waals surface area contributed by atoms with E-state index in [9.17, 15) is 15.0 Å². The summed E-state index contributed by atoms with van der Waals surface area (Å²) in [6, 6.07) is 14.1. The number of β-amino-alcohol motifs (C(OH)–C–C–N with tert-alkyl or cyclic N) is 1. The number of carbonyl (C=O) groups is 1. The normalized spacial score (nSPS) is 22.7. The van der Waals surface area contributed by atoms with Gasteiger partial charge < -0.3 is 20.4 Å². The van der Waals surface area contributed by atoms with E-state index in [1.165, 1.54) is 0 Å². The van der Waals surface area contributed by atoms with Crippen LogP contribution in [-0.2, 0) is 6.54 Å². The molecule has 5 nitrogen and oxygen atoms in total. The van der Waals surface area contributed by atoms with Gasteiger partial charge in [0.2, 0.25) is 0 Å². The number of halogens is 2. The molecule has 3 rings (SSSR count). The monoisotopic (exact) mass is 408 g/mol. The first-order valence-electron chi connectivity index (χ1n) is 8.78. The van der Waals surface area contributed by atoms with Gasteiger partial charge in [0, 0.05) is 35.2 Å². The highest BCUT2D eigenvalue weighted by Gasteiger charge is 2.42. The van der Waals surface area contributed by atoms with Crippen LogP contribution in [0.5, 0.6) is 0 Å². The van der Waals surface area contributed by atoms with Gasteiger partial charge in [-0.1, -0.05) is 41.4 Å². The van der Waals surface area contributed by atoms with Crippen LogP contribution in [0.25, 0.3) is 0 Å². The zero-order chi connectivity index (χ0) is 19.4. The number of amides is 1.